The van der Waals surface area contributed by atoms with Crippen molar-refractivity contribution in [2.75, 3.05) is 33.4 Å². The number of nitrogens with zero attached hydrogens (tertiary/aromatic N) is 1. The van der Waals surface area contributed by atoms with Gasteiger partial charge in [0.25, 0.3) is 5.91 Å². The van der Waals surface area contributed by atoms with Crippen LogP contribution in [0.3, 0.4) is 0 Å². The number of methoxy groups -OCH3 is 1. The first kappa shape index (κ1) is 18.5. The maximum atomic E-state index is 12.8. The zero-order valence-electron chi connectivity index (χ0n) is 15.5. The number of hydrogen-bond acceptors (Lipinski definition) is 3. The molecule has 1 saturated heterocycles. The van der Waals surface area contributed by atoms with E-state index in [1.165, 1.54) is 0 Å². The summed E-state index contributed by atoms with van der Waals surface area (Å²) >= 11 is 0. The quantitative estimate of drug-likeness (QED) is 0.780. The monoisotopic (exact) mass is 357 g/mol. The van der Waals surface area contributed by atoms with Crippen LogP contribution in [0.1, 0.15) is 30.3 Å². The summed E-state index contributed by atoms with van der Waals surface area (Å²) in [6.07, 6.45) is 1.70. The zero-order chi connectivity index (χ0) is 18.5. The number of piperidine rings is 1. The number of hydrogen-bond donors (Lipinski definition) is 2. The van der Waals surface area contributed by atoms with Crippen molar-refractivity contribution in [3.8, 4) is 0 Å². The summed E-state index contributed by atoms with van der Waals surface area (Å²) in [7, 11) is 1.62. The van der Waals surface area contributed by atoms with Crippen molar-refractivity contribution in [2.24, 2.45) is 11.8 Å². The van der Waals surface area contributed by atoms with Gasteiger partial charge in [0.2, 0.25) is 5.91 Å². The normalized spacial score (nSPS) is 16.6. The Morgan fingerprint density at radius 3 is 2.73 bits per heavy atom. The van der Waals surface area contributed by atoms with Gasteiger partial charge < -0.3 is 19.9 Å². The molecule has 1 fully saturated rings. The third-order valence-electron chi connectivity index (χ3n) is 5.31. The van der Waals surface area contributed by atoms with Gasteiger partial charge in [0, 0.05) is 43.6 Å². The third kappa shape index (κ3) is 4.07. The van der Waals surface area contributed by atoms with Gasteiger partial charge in [0.1, 0.15) is 5.69 Å². The number of carbonyl (C=O) groups excluding carboxylic acids is 2. The molecule has 1 aromatic heterocycles. The maximum Gasteiger partial charge on any atom is 0.270 e. The van der Waals surface area contributed by atoms with Gasteiger partial charge in [0.05, 0.1) is 6.61 Å². The van der Waals surface area contributed by atoms with Crippen molar-refractivity contribution in [2.45, 2.75) is 19.8 Å². The molecule has 0 saturated carbocycles. The number of fused-ring (bicyclic) bond motifs is 1. The lowest BCUT2D eigenvalue weighted by Gasteiger charge is -2.34. The van der Waals surface area contributed by atoms with Crippen molar-refractivity contribution in [3.63, 3.8) is 0 Å². The van der Waals surface area contributed by atoms with E-state index in [1.807, 2.05) is 42.2 Å². The third-order valence-corrected chi connectivity index (χ3v) is 5.31. The average Bonchev–Trinajstić information content (AvgIpc) is 3.11. The second kappa shape index (κ2) is 8.36. The molecule has 1 aliphatic heterocycles. The minimum atomic E-state index is -0.0443. The zero-order valence-corrected chi connectivity index (χ0v) is 15.5. The number of para-hydroxylation sites is 1. The number of likely N-dealkylation sites (tertiary alicyclic amines) is 1. The molecule has 3 rings (SSSR count). The van der Waals surface area contributed by atoms with E-state index in [2.05, 4.69) is 10.3 Å². The fourth-order valence-corrected chi connectivity index (χ4v) is 3.61. The van der Waals surface area contributed by atoms with Crippen LogP contribution in [0.25, 0.3) is 10.9 Å². The van der Waals surface area contributed by atoms with Crippen molar-refractivity contribution < 1.29 is 14.3 Å². The topological polar surface area (TPSA) is 74.4 Å². The molecule has 2 amide bonds. The number of nitrogens with one attached hydrogen (secondary N) is 2. The van der Waals surface area contributed by atoms with Gasteiger partial charge in [-0.1, -0.05) is 25.1 Å². The summed E-state index contributed by atoms with van der Waals surface area (Å²) in [6, 6.07) is 9.81. The van der Waals surface area contributed by atoms with Crippen LogP contribution in [0.5, 0.6) is 0 Å². The van der Waals surface area contributed by atoms with Crippen LogP contribution in [-0.4, -0.2) is 55.0 Å². The largest absolute Gasteiger partial charge is 0.383 e. The Kier molecular flexibility index (Phi) is 5.93. The maximum absolute atomic E-state index is 12.8. The average molecular weight is 357 g/mol. The number of aromatic nitrogens is 1. The fourth-order valence-electron chi connectivity index (χ4n) is 3.61. The molecule has 2 aromatic rings. The number of aromatic amines is 1. The molecule has 2 heterocycles. The number of H-pyrrole nitrogens is 1. The SMILES string of the molecule is COCCNC(=O)[C@@H](C)C1CCN(C(=O)c2cc3ccccc3[nH]2)CC1. The summed E-state index contributed by atoms with van der Waals surface area (Å²) in [5.74, 6) is 0.376. The van der Waals surface area contributed by atoms with Crippen LogP contribution >= 0.6 is 0 Å². The van der Waals surface area contributed by atoms with Gasteiger partial charge in [0.15, 0.2) is 0 Å². The highest BCUT2D eigenvalue weighted by Crippen LogP contribution is 2.26. The van der Waals surface area contributed by atoms with Crippen molar-refractivity contribution in [1.82, 2.24) is 15.2 Å². The minimum absolute atomic E-state index is 0.0387. The number of carbonyl (C=O) groups is 2. The Balaban J connectivity index is 1.54. The minimum Gasteiger partial charge on any atom is -0.383 e. The van der Waals surface area contributed by atoms with E-state index in [-0.39, 0.29) is 17.7 Å². The molecule has 1 aliphatic rings. The number of amides is 2. The summed E-state index contributed by atoms with van der Waals surface area (Å²) < 4.78 is 4.96. The van der Waals surface area contributed by atoms with Gasteiger partial charge >= 0.3 is 0 Å². The van der Waals surface area contributed by atoms with E-state index in [0.717, 1.165) is 23.7 Å². The van der Waals surface area contributed by atoms with Gasteiger partial charge in [-0.2, -0.15) is 0 Å². The van der Waals surface area contributed by atoms with E-state index in [4.69, 9.17) is 4.74 Å². The van der Waals surface area contributed by atoms with Crippen LogP contribution in [0.4, 0.5) is 0 Å². The highest BCUT2D eigenvalue weighted by Gasteiger charge is 2.30. The first-order chi connectivity index (χ1) is 12.6. The lowest BCUT2D eigenvalue weighted by molar-refractivity contribution is -0.126. The van der Waals surface area contributed by atoms with Crippen molar-refractivity contribution >= 4 is 22.7 Å². The molecule has 0 spiro atoms. The lowest BCUT2D eigenvalue weighted by Crippen LogP contribution is -2.43. The summed E-state index contributed by atoms with van der Waals surface area (Å²) in [5.41, 5.74) is 1.61. The molecular weight excluding hydrogens is 330 g/mol. The lowest BCUT2D eigenvalue weighted by atomic mass is 9.85. The van der Waals surface area contributed by atoms with E-state index >= 15 is 0 Å². The van der Waals surface area contributed by atoms with Gasteiger partial charge in [-0.05, 0) is 30.9 Å². The van der Waals surface area contributed by atoms with Gasteiger partial charge in [-0.25, -0.2) is 0 Å². The Labute approximate surface area is 153 Å². The fraction of sp³-hybridized carbons (Fsp3) is 0.500. The van der Waals surface area contributed by atoms with E-state index in [0.29, 0.717) is 37.9 Å². The smallest absolute Gasteiger partial charge is 0.270 e. The Morgan fingerprint density at radius 2 is 2.04 bits per heavy atom. The Bertz CT molecular complexity index is 730. The second-order valence-electron chi connectivity index (χ2n) is 6.97. The van der Waals surface area contributed by atoms with E-state index < -0.39 is 0 Å². The van der Waals surface area contributed by atoms with Gasteiger partial charge in [-0.15, -0.1) is 0 Å². The van der Waals surface area contributed by atoms with Crippen molar-refractivity contribution in [1.29, 1.82) is 0 Å². The predicted molar refractivity (Wildman–Crippen MR) is 101 cm³/mol. The molecule has 0 bridgehead atoms. The first-order valence-corrected chi connectivity index (χ1v) is 9.24. The summed E-state index contributed by atoms with van der Waals surface area (Å²) in [5, 5.41) is 3.95. The van der Waals surface area contributed by atoms with Crippen LogP contribution in [-0.2, 0) is 9.53 Å². The summed E-state index contributed by atoms with van der Waals surface area (Å²) in [6.45, 7) is 4.42. The predicted octanol–water partition coefficient (Wildman–Crippen LogP) is 2.42. The molecule has 0 radical (unpaired) electrons. The Hall–Kier alpha value is -2.34. The molecule has 26 heavy (non-hydrogen) atoms. The van der Waals surface area contributed by atoms with E-state index in [1.54, 1.807) is 7.11 Å². The first-order valence-electron chi connectivity index (χ1n) is 9.24. The molecule has 2 N–H and O–H groups in total. The number of benzene rings is 1. The number of ether oxygens (including phenoxy) is 1. The molecule has 1 aromatic carbocycles. The van der Waals surface area contributed by atoms with Crippen LogP contribution in [0, 0.1) is 11.8 Å². The van der Waals surface area contributed by atoms with Crippen LogP contribution in [0.15, 0.2) is 30.3 Å². The highest BCUT2D eigenvalue weighted by atomic mass is 16.5. The molecule has 6 nitrogen and oxygen atoms in total. The molecule has 0 unspecified atom stereocenters. The molecule has 6 heteroatoms. The van der Waals surface area contributed by atoms with E-state index in [9.17, 15) is 9.59 Å². The number of rotatable bonds is 6. The highest BCUT2D eigenvalue weighted by molar-refractivity contribution is 5.98. The Morgan fingerprint density at radius 1 is 1.31 bits per heavy atom. The second-order valence-corrected chi connectivity index (χ2v) is 6.97. The molecule has 0 aliphatic carbocycles. The molecule has 140 valence electrons. The molecule has 1 atom stereocenters. The standard InChI is InChI=1S/C20H27N3O3/c1-14(19(24)21-9-12-26-2)15-7-10-23(11-8-15)20(25)18-13-16-5-3-4-6-17(16)22-18/h3-6,13-15,22H,7-12H2,1-2H3,(H,21,24)/t14-/m0/s1. The summed E-state index contributed by atoms with van der Waals surface area (Å²) in [4.78, 5) is 30.0. The van der Waals surface area contributed by atoms with Crippen LogP contribution in [0.2, 0.25) is 0 Å². The van der Waals surface area contributed by atoms with Crippen LogP contribution < -0.4 is 5.32 Å². The molecular formula is C20H27N3O3. The van der Waals surface area contributed by atoms with Crippen molar-refractivity contribution in [3.05, 3.63) is 36.0 Å². The van der Waals surface area contributed by atoms with Gasteiger partial charge in [-0.3, -0.25) is 9.59 Å².